The smallest absolute Gasteiger partial charge is 0.232 e. The third-order valence-electron chi connectivity index (χ3n) is 11.4. The number of rotatable bonds is 7. The number of aromatic nitrogens is 2. The molecule has 5 saturated heterocycles. The summed E-state index contributed by atoms with van der Waals surface area (Å²) in [4.78, 5) is 2.83. The van der Waals surface area contributed by atoms with Crippen molar-refractivity contribution in [3.8, 4) is 5.88 Å². The van der Waals surface area contributed by atoms with Crippen molar-refractivity contribution in [3.05, 3.63) is 12.3 Å². The standard InChI is InChI=1S/C33H57N7OS/c1-33(2)19-23-5-3-4-16-34-29-12-11-27(21-35-29)42-36-20-26-10-13-30(37-32(26)39(33)22-23)40-17-14-31(38-40)41-18-15-28(24-6-7-24)25-8-9-25/h14,17,23-30,32,34-37H,3-13,15-16,18-22H2,1-2H3. The number of nitrogens with zero attached hydrogens (tertiary/aromatic N) is 3. The zero-order valence-electron chi connectivity index (χ0n) is 26.2. The molecule has 4 bridgehead atoms. The summed E-state index contributed by atoms with van der Waals surface area (Å²) in [5.74, 6) is 5.05. The average Bonchev–Trinajstić information content (AvgIpc) is 3.92. The highest BCUT2D eigenvalue weighted by Gasteiger charge is 2.46. The quantitative estimate of drug-likeness (QED) is 0.323. The maximum Gasteiger partial charge on any atom is 0.232 e. The van der Waals surface area contributed by atoms with E-state index in [0.29, 0.717) is 23.5 Å². The first-order valence-electron chi connectivity index (χ1n) is 17.6. The van der Waals surface area contributed by atoms with Gasteiger partial charge in [-0.25, -0.2) is 0 Å². The molecule has 2 aliphatic carbocycles. The maximum atomic E-state index is 6.23. The van der Waals surface area contributed by atoms with Crippen LogP contribution in [0.1, 0.15) is 103 Å². The fraction of sp³-hybridized carbons (Fsp3) is 0.909. The van der Waals surface area contributed by atoms with Gasteiger partial charge in [-0.2, -0.15) is 0 Å². The van der Waals surface area contributed by atoms with Gasteiger partial charge in [0.2, 0.25) is 5.88 Å². The molecule has 0 aromatic carbocycles. The Bertz CT molecular complexity index is 992. The molecule has 6 heterocycles. The highest BCUT2D eigenvalue weighted by atomic mass is 32.2. The van der Waals surface area contributed by atoms with Crippen molar-refractivity contribution in [1.29, 1.82) is 0 Å². The molecule has 8 nitrogen and oxygen atoms in total. The van der Waals surface area contributed by atoms with Crippen LogP contribution in [0.5, 0.6) is 5.88 Å². The predicted octanol–water partition coefficient (Wildman–Crippen LogP) is 5.10. The Hall–Kier alpha value is -0.840. The van der Waals surface area contributed by atoms with E-state index in [1.54, 1.807) is 0 Å². The molecule has 0 radical (unpaired) electrons. The molecule has 1 aromatic rings. The van der Waals surface area contributed by atoms with E-state index in [2.05, 4.69) is 56.4 Å². The summed E-state index contributed by atoms with van der Waals surface area (Å²) in [5, 5.41) is 17.3. The van der Waals surface area contributed by atoms with Crippen molar-refractivity contribution in [2.24, 2.45) is 29.6 Å². The Kier molecular flexibility index (Phi) is 9.42. The summed E-state index contributed by atoms with van der Waals surface area (Å²) in [6, 6.07) is 2.09. The minimum Gasteiger partial charge on any atom is -0.477 e. The van der Waals surface area contributed by atoms with Crippen LogP contribution in [0.2, 0.25) is 0 Å². The van der Waals surface area contributed by atoms with Gasteiger partial charge in [0.15, 0.2) is 0 Å². The lowest BCUT2D eigenvalue weighted by atomic mass is 9.90. The Balaban J connectivity index is 0.999. The first-order chi connectivity index (χ1) is 20.5. The number of hydrogen-bond donors (Lipinski definition) is 4. The summed E-state index contributed by atoms with van der Waals surface area (Å²) >= 11 is 1.97. The summed E-state index contributed by atoms with van der Waals surface area (Å²) in [7, 11) is 0. The van der Waals surface area contributed by atoms with Crippen LogP contribution in [-0.4, -0.2) is 70.6 Å². The normalized spacial score (nSPS) is 37.8. The lowest BCUT2D eigenvalue weighted by Crippen LogP contribution is -2.60. The van der Waals surface area contributed by atoms with Crippen molar-refractivity contribution >= 4 is 11.9 Å². The molecule has 7 atom stereocenters. The first kappa shape index (κ1) is 29.8. The molecule has 1 aromatic heterocycles. The van der Waals surface area contributed by atoms with Crippen LogP contribution in [0.3, 0.4) is 0 Å². The Morgan fingerprint density at radius 1 is 1.00 bits per heavy atom. The third kappa shape index (κ3) is 7.34. The van der Waals surface area contributed by atoms with Gasteiger partial charge in [-0.3, -0.25) is 19.6 Å². The molecule has 4 N–H and O–H groups in total. The molecule has 42 heavy (non-hydrogen) atoms. The van der Waals surface area contributed by atoms with E-state index in [-0.39, 0.29) is 11.7 Å². The SMILES string of the molecule is CC1(C)CC2CCCCNC3CCC(CN3)SNCC3CCC(n4ccc(OCCC(C5CC5)C5CC5)n4)NC3N1C2. The van der Waals surface area contributed by atoms with E-state index >= 15 is 0 Å². The van der Waals surface area contributed by atoms with Gasteiger partial charge in [0.05, 0.1) is 18.9 Å². The molecular formula is C33H57N7OS. The predicted molar refractivity (Wildman–Crippen MR) is 171 cm³/mol. The van der Waals surface area contributed by atoms with Crippen molar-refractivity contribution in [1.82, 2.24) is 35.4 Å². The topological polar surface area (TPSA) is 78.4 Å². The summed E-state index contributed by atoms with van der Waals surface area (Å²) in [5.41, 5.74) is 0.209. The van der Waals surface area contributed by atoms with Crippen molar-refractivity contribution in [2.75, 3.05) is 32.8 Å². The number of fused-ring (bicyclic) bond motifs is 8. The molecule has 7 aliphatic rings. The summed E-state index contributed by atoms with van der Waals surface area (Å²) in [6.45, 7) is 10.3. The molecule has 5 aliphatic heterocycles. The van der Waals surface area contributed by atoms with Crippen LogP contribution in [0.25, 0.3) is 0 Å². The van der Waals surface area contributed by atoms with Gasteiger partial charge in [0, 0.05) is 48.6 Å². The van der Waals surface area contributed by atoms with Gasteiger partial charge in [0.1, 0.15) is 6.17 Å². The minimum atomic E-state index is 0.209. The number of nitrogens with one attached hydrogen (secondary N) is 4. The van der Waals surface area contributed by atoms with Gasteiger partial charge in [-0.05, 0) is 121 Å². The van der Waals surface area contributed by atoms with Crippen molar-refractivity contribution < 1.29 is 4.74 Å². The van der Waals surface area contributed by atoms with Gasteiger partial charge < -0.3 is 15.4 Å². The van der Waals surface area contributed by atoms with E-state index in [1.807, 2.05) is 11.9 Å². The van der Waals surface area contributed by atoms with Crippen LogP contribution in [0, 0.1) is 29.6 Å². The fourth-order valence-corrected chi connectivity index (χ4v) is 9.78. The van der Waals surface area contributed by atoms with Gasteiger partial charge in [0.25, 0.3) is 0 Å². The Labute approximate surface area is 258 Å². The lowest BCUT2D eigenvalue weighted by Gasteiger charge is -2.47. The second-order valence-corrected chi connectivity index (χ2v) is 16.4. The molecule has 7 fully saturated rings. The van der Waals surface area contributed by atoms with Crippen LogP contribution in [0.15, 0.2) is 12.3 Å². The van der Waals surface area contributed by atoms with Gasteiger partial charge in [-0.15, -0.1) is 5.10 Å². The van der Waals surface area contributed by atoms with Crippen molar-refractivity contribution in [3.63, 3.8) is 0 Å². The van der Waals surface area contributed by atoms with Gasteiger partial charge >= 0.3 is 0 Å². The number of ether oxygens (including phenoxy) is 1. The van der Waals surface area contributed by atoms with E-state index in [9.17, 15) is 0 Å². The molecule has 2 saturated carbocycles. The molecule has 0 spiro atoms. The monoisotopic (exact) mass is 599 g/mol. The highest BCUT2D eigenvalue weighted by Crippen LogP contribution is 2.50. The zero-order valence-corrected chi connectivity index (χ0v) is 27.1. The summed E-state index contributed by atoms with van der Waals surface area (Å²) < 4.78 is 12.2. The second kappa shape index (κ2) is 13.3. The van der Waals surface area contributed by atoms with E-state index in [0.717, 1.165) is 62.2 Å². The second-order valence-electron chi connectivity index (χ2n) is 15.2. The van der Waals surface area contributed by atoms with Crippen LogP contribution in [0.4, 0.5) is 0 Å². The van der Waals surface area contributed by atoms with Crippen LogP contribution >= 0.6 is 11.9 Å². The van der Waals surface area contributed by atoms with Crippen LogP contribution in [-0.2, 0) is 0 Å². The van der Waals surface area contributed by atoms with E-state index < -0.39 is 0 Å². The van der Waals surface area contributed by atoms with Crippen molar-refractivity contribution in [2.45, 2.75) is 127 Å². The minimum absolute atomic E-state index is 0.209. The van der Waals surface area contributed by atoms with E-state index in [1.165, 1.54) is 83.6 Å². The first-order valence-corrected chi connectivity index (χ1v) is 18.5. The Morgan fingerprint density at radius 2 is 1.86 bits per heavy atom. The zero-order chi connectivity index (χ0) is 28.5. The summed E-state index contributed by atoms with van der Waals surface area (Å²) in [6.07, 6.45) is 20.3. The lowest BCUT2D eigenvalue weighted by molar-refractivity contribution is 0.00921. The maximum absolute atomic E-state index is 6.23. The molecule has 8 rings (SSSR count). The fourth-order valence-electron chi connectivity index (χ4n) is 8.80. The van der Waals surface area contributed by atoms with Crippen LogP contribution < -0.4 is 25.4 Å². The number of piperidine rings is 2. The molecule has 0 amide bonds. The molecule has 9 heteroatoms. The number of hydrogen-bond acceptors (Lipinski definition) is 8. The largest absolute Gasteiger partial charge is 0.477 e. The molecular weight excluding hydrogens is 542 g/mol. The molecule has 7 unspecified atom stereocenters. The van der Waals surface area contributed by atoms with E-state index in [4.69, 9.17) is 9.84 Å². The third-order valence-corrected chi connectivity index (χ3v) is 12.5. The van der Waals surface area contributed by atoms with Gasteiger partial charge in [-0.1, -0.05) is 18.4 Å². The molecule has 236 valence electrons. The Morgan fingerprint density at radius 3 is 2.64 bits per heavy atom. The average molecular weight is 600 g/mol. The highest BCUT2D eigenvalue weighted by molar-refractivity contribution is 7.98.